The molecule has 2 aromatic rings. The zero-order valence-corrected chi connectivity index (χ0v) is 14.9. The summed E-state index contributed by atoms with van der Waals surface area (Å²) in [5.74, 6) is 1.30. The van der Waals surface area contributed by atoms with Crippen LogP contribution < -0.4 is 14.8 Å². The van der Waals surface area contributed by atoms with Gasteiger partial charge < -0.3 is 14.8 Å². The number of benzene rings is 1. The predicted octanol–water partition coefficient (Wildman–Crippen LogP) is 3.61. The van der Waals surface area contributed by atoms with Gasteiger partial charge in [0, 0.05) is 10.4 Å². The Balaban J connectivity index is 1.70. The predicted molar refractivity (Wildman–Crippen MR) is 95.3 cm³/mol. The molecule has 1 aromatic heterocycles. The van der Waals surface area contributed by atoms with E-state index in [-0.39, 0.29) is 12.3 Å². The number of hydrogen-bond donors (Lipinski definition) is 1. The summed E-state index contributed by atoms with van der Waals surface area (Å²) in [5.41, 5.74) is 1.96. The average molecular weight is 346 g/mol. The van der Waals surface area contributed by atoms with Gasteiger partial charge in [-0.15, -0.1) is 11.3 Å². The molecule has 0 radical (unpaired) electrons. The number of carbonyl (C=O) groups excluding carboxylic acids is 1. The molecule has 1 heterocycles. The van der Waals surface area contributed by atoms with Crippen LogP contribution in [0.4, 0.5) is 5.13 Å². The number of anilines is 1. The minimum Gasteiger partial charge on any atom is -0.497 e. The lowest BCUT2D eigenvalue weighted by atomic mass is 10.1. The third-order valence-electron chi connectivity index (χ3n) is 4.18. The van der Waals surface area contributed by atoms with Crippen molar-refractivity contribution in [1.29, 1.82) is 0 Å². The van der Waals surface area contributed by atoms with Gasteiger partial charge in [-0.05, 0) is 43.9 Å². The van der Waals surface area contributed by atoms with Crippen LogP contribution in [-0.4, -0.2) is 25.1 Å². The molecule has 1 aromatic carbocycles. The number of thiazole rings is 1. The monoisotopic (exact) mass is 346 g/mol. The summed E-state index contributed by atoms with van der Waals surface area (Å²) in [7, 11) is 3.20. The highest BCUT2D eigenvalue weighted by molar-refractivity contribution is 7.15. The number of amides is 1. The molecule has 1 aliphatic carbocycles. The lowest BCUT2D eigenvalue weighted by molar-refractivity contribution is -0.115. The minimum absolute atomic E-state index is 0.0922. The third-order valence-corrected chi connectivity index (χ3v) is 5.25. The first-order valence-corrected chi connectivity index (χ1v) is 9.00. The van der Waals surface area contributed by atoms with E-state index < -0.39 is 0 Å². The third kappa shape index (κ3) is 3.87. The van der Waals surface area contributed by atoms with Crippen molar-refractivity contribution >= 4 is 22.4 Å². The standard InChI is InChI=1S/C18H22N2O3S/c1-22-13-8-9-15(23-2)12(10-13)11-17(21)20-18-19-14-6-4-3-5-7-16(14)24-18/h8-10H,3-7,11H2,1-2H3,(H,19,20,21). The molecule has 5 nitrogen and oxygen atoms in total. The molecule has 0 saturated carbocycles. The Morgan fingerprint density at radius 2 is 2.04 bits per heavy atom. The minimum atomic E-state index is -0.0922. The molecule has 128 valence electrons. The highest BCUT2D eigenvalue weighted by Gasteiger charge is 2.16. The van der Waals surface area contributed by atoms with Gasteiger partial charge in [0.2, 0.25) is 5.91 Å². The second-order valence-electron chi connectivity index (χ2n) is 5.85. The first kappa shape index (κ1) is 16.8. The van der Waals surface area contributed by atoms with Crippen LogP contribution in [0.2, 0.25) is 0 Å². The zero-order valence-electron chi connectivity index (χ0n) is 14.1. The normalized spacial score (nSPS) is 13.8. The summed E-state index contributed by atoms with van der Waals surface area (Å²) in [5, 5.41) is 3.63. The number of rotatable bonds is 5. The van der Waals surface area contributed by atoms with Crippen LogP contribution in [0.5, 0.6) is 11.5 Å². The molecule has 1 aliphatic rings. The van der Waals surface area contributed by atoms with Crippen LogP contribution in [0.1, 0.15) is 35.4 Å². The van der Waals surface area contributed by atoms with Crippen molar-refractivity contribution < 1.29 is 14.3 Å². The van der Waals surface area contributed by atoms with E-state index in [1.807, 2.05) is 18.2 Å². The second-order valence-corrected chi connectivity index (χ2v) is 6.94. The van der Waals surface area contributed by atoms with Gasteiger partial charge in [-0.25, -0.2) is 4.98 Å². The van der Waals surface area contributed by atoms with Crippen LogP contribution in [0, 0.1) is 0 Å². The molecule has 0 fully saturated rings. The fourth-order valence-corrected chi connectivity index (χ4v) is 4.00. The first-order chi connectivity index (χ1) is 11.7. The van der Waals surface area contributed by atoms with Crippen molar-refractivity contribution in [3.8, 4) is 11.5 Å². The Morgan fingerprint density at radius 3 is 2.83 bits per heavy atom. The second kappa shape index (κ2) is 7.66. The number of aryl methyl sites for hydroxylation is 2. The maximum Gasteiger partial charge on any atom is 0.230 e. The van der Waals surface area contributed by atoms with E-state index in [2.05, 4.69) is 10.3 Å². The summed E-state index contributed by atoms with van der Waals surface area (Å²) in [4.78, 5) is 18.3. The van der Waals surface area contributed by atoms with Gasteiger partial charge in [0.15, 0.2) is 5.13 Å². The van der Waals surface area contributed by atoms with Crippen LogP contribution in [0.3, 0.4) is 0 Å². The maximum absolute atomic E-state index is 12.4. The van der Waals surface area contributed by atoms with E-state index in [0.29, 0.717) is 16.6 Å². The van der Waals surface area contributed by atoms with E-state index in [9.17, 15) is 4.79 Å². The Kier molecular flexibility index (Phi) is 5.35. The smallest absolute Gasteiger partial charge is 0.230 e. The largest absolute Gasteiger partial charge is 0.497 e. The topological polar surface area (TPSA) is 60.5 Å². The summed E-state index contributed by atoms with van der Waals surface area (Å²) in [6, 6.07) is 5.46. The molecule has 1 amide bonds. The van der Waals surface area contributed by atoms with Crippen molar-refractivity contribution in [3.05, 3.63) is 34.3 Å². The van der Waals surface area contributed by atoms with Gasteiger partial charge in [0.25, 0.3) is 0 Å². The highest BCUT2D eigenvalue weighted by atomic mass is 32.1. The summed E-state index contributed by atoms with van der Waals surface area (Å²) < 4.78 is 10.6. The van der Waals surface area contributed by atoms with E-state index >= 15 is 0 Å². The van der Waals surface area contributed by atoms with Gasteiger partial charge >= 0.3 is 0 Å². The zero-order chi connectivity index (χ0) is 16.9. The molecular weight excluding hydrogens is 324 g/mol. The fourth-order valence-electron chi connectivity index (χ4n) is 2.94. The molecule has 3 rings (SSSR count). The van der Waals surface area contributed by atoms with Crippen molar-refractivity contribution in [2.45, 2.75) is 38.5 Å². The maximum atomic E-state index is 12.4. The molecule has 0 atom stereocenters. The Morgan fingerprint density at radius 1 is 1.21 bits per heavy atom. The summed E-state index contributed by atoms with van der Waals surface area (Å²) >= 11 is 1.61. The number of fused-ring (bicyclic) bond motifs is 1. The SMILES string of the molecule is COc1ccc(OC)c(CC(=O)Nc2nc3c(s2)CCCCC3)c1. The van der Waals surface area contributed by atoms with E-state index in [0.717, 1.165) is 24.1 Å². The summed E-state index contributed by atoms with van der Waals surface area (Å²) in [6.07, 6.45) is 5.98. The summed E-state index contributed by atoms with van der Waals surface area (Å²) in [6.45, 7) is 0. The highest BCUT2D eigenvalue weighted by Crippen LogP contribution is 2.29. The Hall–Kier alpha value is -2.08. The van der Waals surface area contributed by atoms with Crippen molar-refractivity contribution in [3.63, 3.8) is 0 Å². The lowest BCUT2D eigenvalue weighted by Gasteiger charge is -2.10. The van der Waals surface area contributed by atoms with Crippen molar-refractivity contribution in [2.75, 3.05) is 19.5 Å². The lowest BCUT2D eigenvalue weighted by Crippen LogP contribution is -2.15. The average Bonchev–Trinajstić information content (AvgIpc) is 2.82. The van der Waals surface area contributed by atoms with Crippen molar-refractivity contribution in [1.82, 2.24) is 4.98 Å². The fraction of sp³-hybridized carbons (Fsp3) is 0.444. The Labute approximate surface area is 146 Å². The molecule has 0 bridgehead atoms. The van der Waals surface area contributed by atoms with Gasteiger partial charge in [-0.1, -0.05) is 6.42 Å². The number of nitrogens with zero attached hydrogens (tertiary/aromatic N) is 1. The van der Waals surface area contributed by atoms with E-state index in [1.165, 1.54) is 24.1 Å². The van der Waals surface area contributed by atoms with Gasteiger partial charge in [-0.3, -0.25) is 4.79 Å². The number of aromatic nitrogens is 1. The molecule has 0 aliphatic heterocycles. The Bertz CT molecular complexity index is 704. The first-order valence-electron chi connectivity index (χ1n) is 8.19. The molecule has 6 heteroatoms. The van der Waals surface area contributed by atoms with Crippen LogP contribution in [0.25, 0.3) is 0 Å². The van der Waals surface area contributed by atoms with Gasteiger partial charge in [0.05, 0.1) is 26.3 Å². The quantitative estimate of drug-likeness (QED) is 0.840. The molecule has 1 N–H and O–H groups in total. The van der Waals surface area contributed by atoms with Gasteiger partial charge in [-0.2, -0.15) is 0 Å². The number of ether oxygens (including phenoxy) is 2. The molecular formula is C18H22N2O3S. The van der Waals surface area contributed by atoms with Crippen LogP contribution in [-0.2, 0) is 24.1 Å². The number of methoxy groups -OCH3 is 2. The molecule has 0 spiro atoms. The molecule has 0 unspecified atom stereocenters. The van der Waals surface area contributed by atoms with Crippen LogP contribution >= 0.6 is 11.3 Å². The molecule has 24 heavy (non-hydrogen) atoms. The number of carbonyl (C=O) groups is 1. The van der Waals surface area contributed by atoms with E-state index in [1.54, 1.807) is 25.6 Å². The van der Waals surface area contributed by atoms with Gasteiger partial charge in [0.1, 0.15) is 11.5 Å². The van der Waals surface area contributed by atoms with Crippen LogP contribution in [0.15, 0.2) is 18.2 Å². The van der Waals surface area contributed by atoms with Crippen molar-refractivity contribution in [2.24, 2.45) is 0 Å². The number of hydrogen-bond acceptors (Lipinski definition) is 5. The molecule has 0 saturated heterocycles. The van der Waals surface area contributed by atoms with E-state index in [4.69, 9.17) is 9.47 Å². The number of nitrogens with one attached hydrogen (secondary N) is 1.